The monoisotopic (exact) mass is 407 g/mol. The highest BCUT2D eigenvalue weighted by atomic mass is 32.2. The summed E-state index contributed by atoms with van der Waals surface area (Å²) in [6.07, 6.45) is 1.48. The number of esters is 2. The van der Waals surface area contributed by atoms with Gasteiger partial charge >= 0.3 is 11.9 Å². The SMILES string of the molecule is COC(=O)COc1ccccc1/C=C1/SC(=O)N(CC(=O)OC(C)(C)C)C1=O. The number of thioether (sulfide) groups is 1. The zero-order valence-electron chi connectivity index (χ0n) is 16.0. The second-order valence-corrected chi connectivity index (χ2v) is 7.75. The van der Waals surface area contributed by atoms with E-state index in [-0.39, 0.29) is 11.5 Å². The first-order valence-electron chi connectivity index (χ1n) is 8.36. The van der Waals surface area contributed by atoms with E-state index in [2.05, 4.69) is 4.74 Å². The topological polar surface area (TPSA) is 99.2 Å². The maximum atomic E-state index is 12.5. The van der Waals surface area contributed by atoms with Gasteiger partial charge in [-0.2, -0.15) is 0 Å². The van der Waals surface area contributed by atoms with Crippen LogP contribution in [-0.2, 0) is 23.9 Å². The molecule has 2 amide bonds. The molecule has 0 unspecified atom stereocenters. The van der Waals surface area contributed by atoms with E-state index in [1.165, 1.54) is 13.2 Å². The molecule has 1 aromatic carbocycles. The molecule has 0 spiro atoms. The zero-order valence-corrected chi connectivity index (χ0v) is 16.8. The number of amides is 2. The van der Waals surface area contributed by atoms with Gasteiger partial charge in [0.15, 0.2) is 6.61 Å². The van der Waals surface area contributed by atoms with Gasteiger partial charge in [-0.25, -0.2) is 4.79 Å². The summed E-state index contributed by atoms with van der Waals surface area (Å²) < 4.78 is 15.1. The Labute approximate surface area is 166 Å². The van der Waals surface area contributed by atoms with E-state index in [0.717, 1.165) is 16.7 Å². The largest absolute Gasteiger partial charge is 0.481 e. The molecule has 1 saturated heterocycles. The van der Waals surface area contributed by atoms with Gasteiger partial charge in [-0.3, -0.25) is 19.3 Å². The summed E-state index contributed by atoms with van der Waals surface area (Å²) in [5.41, 5.74) is -0.209. The maximum absolute atomic E-state index is 12.5. The molecule has 1 fully saturated rings. The fourth-order valence-electron chi connectivity index (χ4n) is 2.21. The number of hydrogen-bond donors (Lipinski definition) is 0. The Hall–Kier alpha value is -2.81. The van der Waals surface area contributed by atoms with Gasteiger partial charge in [0.1, 0.15) is 17.9 Å². The minimum Gasteiger partial charge on any atom is -0.481 e. The molecule has 0 atom stereocenters. The highest BCUT2D eigenvalue weighted by Crippen LogP contribution is 2.34. The molecule has 1 heterocycles. The molecule has 1 aliphatic heterocycles. The zero-order chi connectivity index (χ0) is 20.9. The second kappa shape index (κ2) is 8.92. The van der Waals surface area contributed by atoms with Gasteiger partial charge in [0, 0.05) is 5.56 Å². The van der Waals surface area contributed by atoms with Crippen LogP contribution in [0, 0.1) is 0 Å². The van der Waals surface area contributed by atoms with Crippen LogP contribution < -0.4 is 4.74 Å². The molecule has 0 N–H and O–H groups in total. The average Bonchev–Trinajstić information content (AvgIpc) is 2.86. The van der Waals surface area contributed by atoms with Crippen molar-refractivity contribution in [3.05, 3.63) is 34.7 Å². The number of carbonyl (C=O) groups is 4. The molecular weight excluding hydrogens is 386 g/mol. The minimum absolute atomic E-state index is 0.141. The fourth-order valence-corrected chi connectivity index (χ4v) is 3.04. The van der Waals surface area contributed by atoms with E-state index < -0.39 is 35.2 Å². The average molecular weight is 407 g/mol. The van der Waals surface area contributed by atoms with Crippen LogP contribution >= 0.6 is 11.8 Å². The van der Waals surface area contributed by atoms with Crippen LogP contribution in [0.25, 0.3) is 6.08 Å². The normalized spacial score (nSPS) is 15.7. The molecule has 9 heteroatoms. The van der Waals surface area contributed by atoms with E-state index in [1.807, 2.05) is 0 Å². The minimum atomic E-state index is -0.718. The smallest absolute Gasteiger partial charge is 0.343 e. The van der Waals surface area contributed by atoms with Gasteiger partial charge in [0.25, 0.3) is 11.1 Å². The molecule has 1 aliphatic rings. The number of imide groups is 1. The summed E-state index contributed by atoms with van der Waals surface area (Å²) in [6.45, 7) is 4.35. The Morgan fingerprint density at radius 3 is 2.46 bits per heavy atom. The summed E-state index contributed by atoms with van der Waals surface area (Å²) >= 11 is 0.718. The van der Waals surface area contributed by atoms with Crippen molar-refractivity contribution < 1.29 is 33.4 Å². The Balaban J connectivity index is 2.15. The Bertz CT molecular complexity index is 826. The first kappa shape index (κ1) is 21.5. The van der Waals surface area contributed by atoms with Gasteiger partial charge < -0.3 is 14.2 Å². The summed E-state index contributed by atoms with van der Waals surface area (Å²) in [5, 5.41) is -0.560. The predicted octanol–water partition coefficient (Wildman–Crippen LogP) is 2.62. The number of benzene rings is 1. The van der Waals surface area contributed by atoms with E-state index in [0.29, 0.717) is 11.3 Å². The van der Waals surface area contributed by atoms with Crippen LogP contribution in [-0.4, -0.2) is 53.8 Å². The quantitative estimate of drug-likeness (QED) is 0.524. The third kappa shape index (κ3) is 5.85. The third-order valence-corrected chi connectivity index (χ3v) is 4.27. The first-order valence-corrected chi connectivity index (χ1v) is 9.18. The molecule has 28 heavy (non-hydrogen) atoms. The number of methoxy groups -OCH3 is 1. The maximum Gasteiger partial charge on any atom is 0.343 e. The van der Waals surface area contributed by atoms with Gasteiger partial charge in [-0.05, 0) is 44.7 Å². The Morgan fingerprint density at radius 1 is 1.14 bits per heavy atom. The predicted molar refractivity (Wildman–Crippen MR) is 102 cm³/mol. The first-order chi connectivity index (χ1) is 13.1. The molecule has 0 saturated carbocycles. The molecule has 150 valence electrons. The van der Waals surface area contributed by atoms with Crippen molar-refractivity contribution in [1.29, 1.82) is 0 Å². The summed E-state index contributed by atoms with van der Waals surface area (Å²) in [5.74, 6) is -1.46. The van der Waals surface area contributed by atoms with Crippen molar-refractivity contribution in [2.24, 2.45) is 0 Å². The lowest BCUT2D eigenvalue weighted by Gasteiger charge is -2.21. The number of carbonyl (C=O) groups excluding carboxylic acids is 4. The van der Waals surface area contributed by atoms with Crippen molar-refractivity contribution in [2.75, 3.05) is 20.3 Å². The number of ether oxygens (including phenoxy) is 3. The lowest BCUT2D eigenvalue weighted by Crippen LogP contribution is -2.37. The van der Waals surface area contributed by atoms with Crippen molar-refractivity contribution in [3.63, 3.8) is 0 Å². The van der Waals surface area contributed by atoms with Gasteiger partial charge in [0.2, 0.25) is 0 Å². The van der Waals surface area contributed by atoms with Crippen molar-refractivity contribution in [2.45, 2.75) is 26.4 Å². The number of para-hydroxylation sites is 1. The van der Waals surface area contributed by atoms with Crippen molar-refractivity contribution >= 4 is 40.9 Å². The van der Waals surface area contributed by atoms with Gasteiger partial charge in [0.05, 0.1) is 12.0 Å². The summed E-state index contributed by atoms with van der Waals surface area (Å²) in [7, 11) is 1.25. The van der Waals surface area contributed by atoms with Crippen LogP contribution in [0.4, 0.5) is 4.79 Å². The third-order valence-electron chi connectivity index (χ3n) is 3.36. The lowest BCUT2D eigenvalue weighted by molar-refractivity contribution is -0.156. The van der Waals surface area contributed by atoms with Crippen LogP contribution in [0.5, 0.6) is 5.75 Å². The molecule has 0 aliphatic carbocycles. The van der Waals surface area contributed by atoms with Gasteiger partial charge in [-0.1, -0.05) is 18.2 Å². The molecule has 8 nitrogen and oxygen atoms in total. The summed E-state index contributed by atoms with van der Waals surface area (Å²) in [4.78, 5) is 48.9. The van der Waals surface area contributed by atoms with E-state index in [9.17, 15) is 19.2 Å². The van der Waals surface area contributed by atoms with Crippen LogP contribution in [0.15, 0.2) is 29.2 Å². The molecule has 0 bridgehead atoms. The van der Waals surface area contributed by atoms with Crippen molar-refractivity contribution in [3.8, 4) is 5.75 Å². The number of rotatable bonds is 6. The lowest BCUT2D eigenvalue weighted by atomic mass is 10.2. The number of hydrogen-bond acceptors (Lipinski definition) is 8. The molecule has 2 rings (SSSR count). The van der Waals surface area contributed by atoms with Gasteiger partial charge in [-0.15, -0.1) is 0 Å². The highest BCUT2D eigenvalue weighted by molar-refractivity contribution is 8.18. The molecular formula is C19H21NO7S. The summed E-state index contributed by atoms with van der Waals surface area (Å²) in [6, 6.07) is 6.73. The van der Waals surface area contributed by atoms with Crippen LogP contribution in [0.2, 0.25) is 0 Å². The highest BCUT2D eigenvalue weighted by Gasteiger charge is 2.37. The molecule has 1 aromatic rings. The van der Waals surface area contributed by atoms with E-state index >= 15 is 0 Å². The van der Waals surface area contributed by atoms with Crippen molar-refractivity contribution in [1.82, 2.24) is 4.90 Å². The van der Waals surface area contributed by atoms with E-state index in [4.69, 9.17) is 9.47 Å². The fraction of sp³-hybridized carbons (Fsp3) is 0.368. The Morgan fingerprint density at radius 2 is 1.82 bits per heavy atom. The molecule has 0 aromatic heterocycles. The number of nitrogens with zero attached hydrogens (tertiary/aromatic N) is 1. The standard InChI is InChI=1S/C19H21NO7S/c1-19(2,3)27-15(21)10-20-17(23)14(28-18(20)24)9-12-7-5-6-8-13(12)26-11-16(22)25-4/h5-9H,10-11H2,1-4H3/b14-9+. The van der Waals surface area contributed by atoms with E-state index in [1.54, 1.807) is 45.0 Å². The van der Waals surface area contributed by atoms with Crippen LogP contribution in [0.3, 0.4) is 0 Å². The molecule has 0 radical (unpaired) electrons. The Kier molecular flexibility index (Phi) is 6.85. The second-order valence-electron chi connectivity index (χ2n) is 6.76. The van der Waals surface area contributed by atoms with Crippen LogP contribution in [0.1, 0.15) is 26.3 Å².